The number of aromatic amines is 1. The van der Waals surface area contributed by atoms with Crippen LogP contribution in [0.15, 0.2) is 40.9 Å². The molecule has 3 aromatic rings. The Morgan fingerprint density at radius 2 is 1.95 bits per heavy atom. The highest BCUT2D eigenvalue weighted by atomic mass is 79.9. The molecule has 0 amide bonds. The van der Waals surface area contributed by atoms with E-state index in [1.807, 2.05) is 22.8 Å². The summed E-state index contributed by atoms with van der Waals surface area (Å²) in [6.07, 6.45) is 0.831. The summed E-state index contributed by atoms with van der Waals surface area (Å²) in [6.45, 7) is 2.07. The van der Waals surface area contributed by atoms with Gasteiger partial charge in [-0.25, -0.2) is 0 Å². The van der Waals surface area contributed by atoms with Gasteiger partial charge in [-0.05, 0) is 29.7 Å². The lowest BCUT2D eigenvalue weighted by molar-refractivity contribution is 0.884. The van der Waals surface area contributed by atoms with Gasteiger partial charge in [-0.15, -0.1) is 0 Å². The molecule has 5 heteroatoms. The van der Waals surface area contributed by atoms with Crippen LogP contribution >= 0.6 is 28.1 Å². The van der Waals surface area contributed by atoms with Crippen molar-refractivity contribution in [3.05, 3.63) is 51.5 Å². The van der Waals surface area contributed by atoms with E-state index >= 15 is 0 Å². The van der Waals surface area contributed by atoms with Crippen LogP contribution in [0.4, 0.5) is 0 Å². The summed E-state index contributed by atoms with van der Waals surface area (Å²) < 4.78 is 3.72. The van der Waals surface area contributed by atoms with E-state index in [2.05, 4.69) is 51.3 Å². The number of aryl methyl sites for hydroxylation is 1. The van der Waals surface area contributed by atoms with Gasteiger partial charge in [-0.3, -0.25) is 9.67 Å². The molecule has 1 aromatic heterocycles. The number of benzene rings is 2. The van der Waals surface area contributed by atoms with Crippen LogP contribution in [-0.2, 0) is 6.42 Å². The van der Waals surface area contributed by atoms with E-state index in [0.717, 1.165) is 27.8 Å². The van der Waals surface area contributed by atoms with Crippen molar-refractivity contribution in [2.45, 2.75) is 13.3 Å². The number of H-pyrrole nitrogens is 1. The van der Waals surface area contributed by atoms with Crippen molar-refractivity contribution >= 4 is 38.9 Å². The SMILES string of the molecule is CCc1n[nH]c(=S)n1-c1ccc(Br)c2ccccc12. The lowest BCUT2D eigenvalue weighted by atomic mass is 10.1. The van der Waals surface area contributed by atoms with E-state index in [9.17, 15) is 0 Å². The predicted octanol–water partition coefficient (Wildman–Crippen LogP) is 4.41. The van der Waals surface area contributed by atoms with Crippen molar-refractivity contribution in [2.24, 2.45) is 0 Å². The summed E-state index contributed by atoms with van der Waals surface area (Å²) in [6, 6.07) is 12.4. The zero-order valence-corrected chi connectivity index (χ0v) is 12.8. The molecule has 1 heterocycles. The molecular weight excluding hydrogens is 322 g/mol. The fraction of sp³-hybridized carbons (Fsp3) is 0.143. The van der Waals surface area contributed by atoms with Crippen molar-refractivity contribution in [1.82, 2.24) is 14.8 Å². The van der Waals surface area contributed by atoms with Crippen LogP contribution in [0.5, 0.6) is 0 Å². The zero-order valence-electron chi connectivity index (χ0n) is 10.4. The zero-order chi connectivity index (χ0) is 13.4. The van der Waals surface area contributed by atoms with Gasteiger partial charge < -0.3 is 0 Å². The first-order valence-corrected chi connectivity index (χ1v) is 7.26. The van der Waals surface area contributed by atoms with Crippen LogP contribution in [0.1, 0.15) is 12.7 Å². The van der Waals surface area contributed by atoms with Crippen molar-refractivity contribution in [1.29, 1.82) is 0 Å². The molecule has 96 valence electrons. The third kappa shape index (κ3) is 2.03. The Hall–Kier alpha value is -1.46. The molecular formula is C14H12BrN3S. The number of hydrogen-bond donors (Lipinski definition) is 1. The Kier molecular flexibility index (Phi) is 3.24. The van der Waals surface area contributed by atoms with E-state index in [4.69, 9.17) is 12.2 Å². The number of rotatable bonds is 2. The first kappa shape index (κ1) is 12.6. The van der Waals surface area contributed by atoms with E-state index in [0.29, 0.717) is 4.77 Å². The minimum Gasteiger partial charge on any atom is -0.272 e. The third-order valence-electron chi connectivity index (χ3n) is 3.15. The summed E-state index contributed by atoms with van der Waals surface area (Å²) in [7, 11) is 0. The van der Waals surface area contributed by atoms with Gasteiger partial charge in [0.05, 0.1) is 5.69 Å². The molecule has 0 atom stereocenters. The molecule has 0 aliphatic heterocycles. The average Bonchev–Trinajstić information content (AvgIpc) is 2.81. The summed E-state index contributed by atoms with van der Waals surface area (Å²) in [5.41, 5.74) is 1.06. The molecule has 3 nitrogen and oxygen atoms in total. The molecule has 0 bridgehead atoms. The average molecular weight is 334 g/mol. The van der Waals surface area contributed by atoms with Crippen LogP contribution in [0, 0.1) is 4.77 Å². The highest BCUT2D eigenvalue weighted by molar-refractivity contribution is 9.10. The molecule has 0 aliphatic carbocycles. The van der Waals surface area contributed by atoms with Gasteiger partial charge in [0.15, 0.2) is 4.77 Å². The number of hydrogen-bond acceptors (Lipinski definition) is 2. The number of nitrogens with zero attached hydrogens (tertiary/aromatic N) is 2. The fourth-order valence-corrected chi connectivity index (χ4v) is 2.98. The molecule has 3 rings (SSSR count). The van der Waals surface area contributed by atoms with E-state index in [-0.39, 0.29) is 0 Å². The van der Waals surface area contributed by atoms with Gasteiger partial charge in [-0.1, -0.05) is 47.1 Å². The maximum atomic E-state index is 5.35. The smallest absolute Gasteiger partial charge is 0.199 e. The lowest BCUT2D eigenvalue weighted by Crippen LogP contribution is -2.01. The predicted molar refractivity (Wildman–Crippen MR) is 83.3 cm³/mol. The number of aromatic nitrogens is 3. The lowest BCUT2D eigenvalue weighted by Gasteiger charge is -2.10. The first-order valence-electron chi connectivity index (χ1n) is 6.06. The van der Waals surface area contributed by atoms with Gasteiger partial charge in [0, 0.05) is 16.3 Å². The summed E-state index contributed by atoms with van der Waals surface area (Å²) in [5, 5.41) is 9.47. The molecule has 2 aromatic carbocycles. The molecule has 0 saturated carbocycles. The maximum absolute atomic E-state index is 5.35. The van der Waals surface area contributed by atoms with Crippen LogP contribution in [-0.4, -0.2) is 14.8 Å². The Labute approximate surface area is 124 Å². The minimum absolute atomic E-state index is 0.629. The molecule has 0 aliphatic rings. The number of halogens is 1. The topological polar surface area (TPSA) is 33.6 Å². The van der Waals surface area contributed by atoms with Crippen LogP contribution in [0.25, 0.3) is 16.5 Å². The molecule has 0 fully saturated rings. The van der Waals surface area contributed by atoms with Crippen LogP contribution < -0.4 is 0 Å². The molecule has 0 unspecified atom stereocenters. The number of fused-ring (bicyclic) bond motifs is 1. The minimum atomic E-state index is 0.629. The fourth-order valence-electron chi connectivity index (χ4n) is 2.26. The monoisotopic (exact) mass is 333 g/mol. The summed E-state index contributed by atoms with van der Waals surface area (Å²) in [4.78, 5) is 0. The molecule has 19 heavy (non-hydrogen) atoms. The Balaban J connectivity index is 2.41. The summed E-state index contributed by atoms with van der Waals surface area (Å²) >= 11 is 8.94. The number of nitrogens with one attached hydrogen (secondary N) is 1. The van der Waals surface area contributed by atoms with E-state index in [1.165, 1.54) is 5.39 Å². The quantitative estimate of drug-likeness (QED) is 0.705. The Morgan fingerprint density at radius 1 is 1.21 bits per heavy atom. The van der Waals surface area contributed by atoms with Crippen molar-refractivity contribution in [3.8, 4) is 5.69 Å². The third-order valence-corrected chi connectivity index (χ3v) is 4.11. The van der Waals surface area contributed by atoms with E-state index < -0.39 is 0 Å². The summed E-state index contributed by atoms with van der Waals surface area (Å²) in [5.74, 6) is 0.942. The second-order valence-corrected chi connectivity index (χ2v) is 5.49. The largest absolute Gasteiger partial charge is 0.272 e. The molecule has 0 spiro atoms. The standard InChI is InChI=1S/C14H12BrN3S/c1-2-13-16-17-14(19)18(13)12-8-7-11(15)9-5-3-4-6-10(9)12/h3-8H,2H2,1H3,(H,17,19). The maximum Gasteiger partial charge on any atom is 0.199 e. The van der Waals surface area contributed by atoms with Gasteiger partial charge in [-0.2, -0.15) is 5.10 Å². The van der Waals surface area contributed by atoms with Crippen molar-refractivity contribution < 1.29 is 0 Å². The highest BCUT2D eigenvalue weighted by Crippen LogP contribution is 2.29. The molecule has 1 N–H and O–H groups in total. The Bertz CT molecular complexity index is 804. The normalized spacial score (nSPS) is 11.1. The van der Waals surface area contributed by atoms with E-state index in [1.54, 1.807) is 0 Å². The van der Waals surface area contributed by atoms with Gasteiger partial charge in [0.2, 0.25) is 0 Å². The van der Waals surface area contributed by atoms with Gasteiger partial charge in [0.1, 0.15) is 5.82 Å². The molecule has 0 radical (unpaired) electrons. The van der Waals surface area contributed by atoms with Crippen molar-refractivity contribution in [3.63, 3.8) is 0 Å². The second-order valence-electron chi connectivity index (χ2n) is 4.25. The van der Waals surface area contributed by atoms with Gasteiger partial charge >= 0.3 is 0 Å². The second kappa shape index (κ2) is 4.90. The molecule has 0 saturated heterocycles. The van der Waals surface area contributed by atoms with Crippen LogP contribution in [0.2, 0.25) is 0 Å². The van der Waals surface area contributed by atoms with Crippen molar-refractivity contribution in [2.75, 3.05) is 0 Å². The highest BCUT2D eigenvalue weighted by Gasteiger charge is 2.10. The first-order chi connectivity index (χ1) is 9.22. The van der Waals surface area contributed by atoms with Crippen LogP contribution in [0.3, 0.4) is 0 Å². The van der Waals surface area contributed by atoms with Gasteiger partial charge in [0.25, 0.3) is 0 Å². The Morgan fingerprint density at radius 3 is 2.68 bits per heavy atom.